The molecule has 2 aliphatic heterocycles. The predicted octanol–water partition coefficient (Wildman–Crippen LogP) is 0.0512. The van der Waals surface area contributed by atoms with Gasteiger partial charge in [0.1, 0.15) is 17.2 Å². The zero-order valence-corrected chi connectivity index (χ0v) is 18.4. The van der Waals surface area contributed by atoms with Crippen molar-refractivity contribution in [1.29, 1.82) is 0 Å². The van der Waals surface area contributed by atoms with Crippen LogP contribution in [-0.2, 0) is 11.8 Å². The maximum absolute atomic E-state index is 12.4. The zero-order valence-electron chi connectivity index (χ0n) is 16.8. The molecular formula is C23H30BrNO3. The van der Waals surface area contributed by atoms with Crippen LogP contribution in [0.3, 0.4) is 0 Å². The summed E-state index contributed by atoms with van der Waals surface area (Å²) in [5.74, 6) is 1.63. The second-order valence-corrected chi connectivity index (χ2v) is 10.3. The van der Waals surface area contributed by atoms with Gasteiger partial charge in [0, 0.05) is 24.3 Å². The third kappa shape index (κ3) is 1.85. The molecule has 3 fully saturated rings. The van der Waals surface area contributed by atoms with Gasteiger partial charge in [-0.05, 0) is 49.8 Å². The standard InChI is InChI=1S/C23H29NO3.BrH/c1-14-8-9-23(26)18-12-16-6-7-17(25)20-19(16)22(23,21(14,2)27-20)10-11-24(18,3)13-15-4-5-15;/h6-7,15,18,26H,1,4-5,8-13H2,2-3H3;1H/t18-,21+,22+,23-,24?;/m1./s1. The van der Waals surface area contributed by atoms with Gasteiger partial charge in [0.15, 0.2) is 11.5 Å². The topological polar surface area (TPSA) is 49.7 Å². The van der Waals surface area contributed by atoms with Crippen LogP contribution in [0.4, 0.5) is 0 Å². The molecule has 6 rings (SSSR count). The van der Waals surface area contributed by atoms with Crippen LogP contribution in [0.5, 0.6) is 11.5 Å². The molecule has 1 saturated heterocycles. The molecule has 4 nitrogen and oxygen atoms in total. The highest BCUT2D eigenvalue weighted by Crippen LogP contribution is 2.70. The minimum Gasteiger partial charge on any atom is -1.00 e. The Morgan fingerprint density at radius 1 is 1.29 bits per heavy atom. The normalized spacial score (nSPS) is 45.1. The van der Waals surface area contributed by atoms with Crippen LogP contribution in [0.2, 0.25) is 0 Å². The molecule has 28 heavy (non-hydrogen) atoms. The maximum Gasteiger partial charge on any atom is 0.166 e. The third-order valence-electron chi connectivity index (χ3n) is 9.08. The predicted molar refractivity (Wildman–Crippen MR) is 103 cm³/mol. The van der Waals surface area contributed by atoms with Crippen molar-refractivity contribution in [2.45, 2.75) is 68.1 Å². The molecule has 2 bridgehead atoms. The molecule has 5 atom stereocenters. The summed E-state index contributed by atoms with van der Waals surface area (Å²) in [7, 11) is 2.37. The molecule has 1 spiro atoms. The largest absolute Gasteiger partial charge is 1.00 e. The first-order valence-electron chi connectivity index (χ1n) is 10.5. The van der Waals surface area contributed by atoms with Crippen LogP contribution >= 0.6 is 0 Å². The van der Waals surface area contributed by atoms with Gasteiger partial charge in [0.25, 0.3) is 0 Å². The summed E-state index contributed by atoms with van der Waals surface area (Å²) < 4.78 is 7.49. The van der Waals surface area contributed by atoms with Crippen molar-refractivity contribution in [3.05, 3.63) is 35.4 Å². The number of aliphatic hydroxyl groups is 1. The molecular weight excluding hydrogens is 418 g/mol. The van der Waals surface area contributed by atoms with E-state index in [1.165, 1.54) is 24.9 Å². The van der Waals surface area contributed by atoms with Gasteiger partial charge in [-0.15, -0.1) is 0 Å². The van der Waals surface area contributed by atoms with E-state index in [9.17, 15) is 10.2 Å². The van der Waals surface area contributed by atoms with Gasteiger partial charge >= 0.3 is 0 Å². The lowest BCUT2D eigenvalue weighted by molar-refractivity contribution is -0.950. The van der Waals surface area contributed by atoms with Crippen LogP contribution in [0, 0.1) is 5.92 Å². The summed E-state index contributed by atoms with van der Waals surface area (Å²) in [5, 5.41) is 23.0. The average molecular weight is 448 g/mol. The number of phenols is 1. The van der Waals surface area contributed by atoms with Crippen LogP contribution in [0.15, 0.2) is 24.3 Å². The Kier molecular flexibility index (Phi) is 3.62. The van der Waals surface area contributed by atoms with Gasteiger partial charge in [-0.25, -0.2) is 0 Å². The number of benzene rings is 1. The molecule has 2 N–H and O–H groups in total. The van der Waals surface area contributed by atoms with Crippen molar-refractivity contribution in [2.24, 2.45) is 5.92 Å². The molecule has 1 unspecified atom stereocenters. The molecule has 5 heteroatoms. The first kappa shape index (κ1) is 19.0. The van der Waals surface area contributed by atoms with Gasteiger partial charge in [-0.3, -0.25) is 0 Å². The van der Waals surface area contributed by atoms with Crippen molar-refractivity contribution < 1.29 is 36.4 Å². The van der Waals surface area contributed by atoms with E-state index in [-0.39, 0.29) is 28.8 Å². The lowest BCUT2D eigenvalue weighted by Crippen LogP contribution is -3.00. The Morgan fingerprint density at radius 2 is 2.04 bits per heavy atom. The third-order valence-corrected chi connectivity index (χ3v) is 9.08. The number of nitrogens with zero attached hydrogens (tertiary/aromatic N) is 1. The van der Waals surface area contributed by atoms with Crippen LogP contribution < -0.4 is 21.7 Å². The van der Waals surface area contributed by atoms with E-state index >= 15 is 0 Å². The average Bonchev–Trinajstić information content (AvgIpc) is 3.37. The molecule has 152 valence electrons. The molecule has 1 aromatic rings. The van der Waals surface area contributed by atoms with Crippen LogP contribution in [-0.4, -0.2) is 52.1 Å². The van der Waals surface area contributed by atoms with E-state index in [0.29, 0.717) is 5.75 Å². The lowest BCUT2D eigenvalue weighted by atomic mass is 9.44. The fourth-order valence-electron chi connectivity index (χ4n) is 7.51. The molecule has 2 heterocycles. The Hall–Kier alpha value is -1.04. The number of likely N-dealkylation sites (tertiary alicyclic amines) is 1. The first-order chi connectivity index (χ1) is 12.8. The number of halogens is 1. The Balaban J connectivity index is 0.00000171. The quantitative estimate of drug-likeness (QED) is 0.497. The number of phenolic OH excluding ortho intramolecular Hbond substituents is 1. The zero-order chi connectivity index (χ0) is 18.8. The molecule has 3 aliphatic carbocycles. The Bertz CT molecular complexity index is 898. The molecule has 1 aromatic carbocycles. The van der Waals surface area contributed by atoms with Gasteiger partial charge in [-0.1, -0.05) is 12.6 Å². The van der Waals surface area contributed by atoms with Gasteiger partial charge in [-0.2, -0.15) is 0 Å². The summed E-state index contributed by atoms with van der Waals surface area (Å²) >= 11 is 0. The summed E-state index contributed by atoms with van der Waals surface area (Å²) in [4.78, 5) is 0. The fourth-order valence-corrected chi connectivity index (χ4v) is 7.51. The molecule has 2 saturated carbocycles. The van der Waals surface area contributed by atoms with E-state index in [1.54, 1.807) is 6.07 Å². The second kappa shape index (κ2) is 5.35. The Labute approximate surface area is 177 Å². The monoisotopic (exact) mass is 447 g/mol. The summed E-state index contributed by atoms with van der Waals surface area (Å²) in [6.07, 6.45) is 5.99. The van der Waals surface area contributed by atoms with E-state index < -0.39 is 16.6 Å². The summed E-state index contributed by atoms with van der Waals surface area (Å²) in [5.41, 5.74) is 1.48. The lowest BCUT2D eigenvalue weighted by Gasteiger charge is -2.67. The van der Waals surface area contributed by atoms with E-state index in [1.807, 2.05) is 0 Å². The van der Waals surface area contributed by atoms with Crippen LogP contribution in [0.25, 0.3) is 0 Å². The fraction of sp³-hybridized carbons (Fsp3) is 0.652. The molecule has 5 aliphatic rings. The highest BCUT2D eigenvalue weighted by molar-refractivity contribution is 5.65. The summed E-state index contributed by atoms with van der Waals surface area (Å²) in [6, 6.07) is 4.03. The molecule has 0 aromatic heterocycles. The minimum absolute atomic E-state index is 0. The molecule has 0 amide bonds. The van der Waals surface area contributed by atoms with Gasteiger partial charge in [0.05, 0.1) is 25.6 Å². The minimum atomic E-state index is -0.809. The SMILES string of the molecule is C=C1CC[C@@]2(O)[C@H]3Cc4ccc(O)c5c4[C@@]2(CC[N+]3(C)CC2CC2)[C@@]1(C)O5.[Br-]. The number of piperidine rings is 1. The first-order valence-corrected chi connectivity index (χ1v) is 10.5. The van der Waals surface area contributed by atoms with Crippen molar-refractivity contribution in [1.82, 2.24) is 0 Å². The van der Waals surface area contributed by atoms with Crippen molar-refractivity contribution in [2.75, 3.05) is 20.1 Å². The number of ether oxygens (including phenoxy) is 1. The van der Waals surface area contributed by atoms with E-state index in [0.717, 1.165) is 53.8 Å². The second-order valence-electron chi connectivity index (χ2n) is 10.3. The van der Waals surface area contributed by atoms with E-state index in [2.05, 4.69) is 26.6 Å². The van der Waals surface area contributed by atoms with Crippen molar-refractivity contribution in [3.8, 4) is 11.5 Å². The van der Waals surface area contributed by atoms with Gasteiger partial charge < -0.3 is 36.4 Å². The summed E-state index contributed by atoms with van der Waals surface area (Å²) in [6.45, 7) is 8.73. The number of rotatable bonds is 2. The number of aromatic hydroxyl groups is 1. The number of quaternary nitrogens is 1. The highest BCUT2D eigenvalue weighted by Gasteiger charge is 2.79. The van der Waals surface area contributed by atoms with Crippen LogP contribution in [0.1, 0.15) is 50.2 Å². The maximum atomic E-state index is 12.4. The number of likely N-dealkylation sites (N-methyl/N-ethyl adjacent to an activating group) is 1. The highest BCUT2D eigenvalue weighted by atomic mass is 79.9. The smallest absolute Gasteiger partial charge is 0.166 e. The van der Waals surface area contributed by atoms with Crippen molar-refractivity contribution in [3.63, 3.8) is 0 Å². The van der Waals surface area contributed by atoms with E-state index in [4.69, 9.17) is 4.74 Å². The number of hydrogen-bond donors (Lipinski definition) is 2. The molecule has 0 radical (unpaired) electrons. The number of hydrogen-bond acceptors (Lipinski definition) is 3. The Morgan fingerprint density at radius 3 is 2.75 bits per heavy atom. The van der Waals surface area contributed by atoms with Gasteiger partial charge in [0.2, 0.25) is 0 Å². The van der Waals surface area contributed by atoms with Crippen molar-refractivity contribution >= 4 is 0 Å².